The largest absolute Gasteiger partial charge is 0.456 e. The minimum Gasteiger partial charge on any atom is -0.456 e. The maximum absolute atomic E-state index is 12.7. The molecule has 0 aliphatic carbocycles. The first-order chi connectivity index (χ1) is 13.2. The zero-order valence-electron chi connectivity index (χ0n) is 14.4. The number of nitrogens with one attached hydrogen (secondary N) is 1. The van der Waals surface area contributed by atoms with Crippen LogP contribution in [0.3, 0.4) is 0 Å². The zero-order chi connectivity index (χ0) is 20.9. The van der Waals surface area contributed by atoms with Crippen LogP contribution in [-0.4, -0.2) is 21.8 Å². The first-order valence-corrected chi connectivity index (χ1v) is 10.2. The Morgan fingerprint density at radius 2 is 1.89 bits per heavy atom. The molecule has 1 N–H and O–H groups in total. The molecule has 12 heteroatoms. The van der Waals surface area contributed by atoms with Gasteiger partial charge in [-0.25, -0.2) is 0 Å². The number of nitro groups is 1. The van der Waals surface area contributed by atoms with Crippen molar-refractivity contribution in [1.82, 2.24) is 0 Å². The number of alkyl halides is 3. The topological polar surface area (TPSA) is 76.8 Å². The summed E-state index contributed by atoms with van der Waals surface area (Å²) in [5.41, 5.74) is 1.52. The Kier molecular flexibility index (Phi) is 7.44. The van der Waals surface area contributed by atoms with E-state index in [9.17, 15) is 23.3 Å². The minimum absolute atomic E-state index is 0.0214. The fourth-order valence-corrected chi connectivity index (χ4v) is 3.15. The van der Waals surface area contributed by atoms with Crippen molar-refractivity contribution in [1.29, 1.82) is 0 Å². The van der Waals surface area contributed by atoms with Gasteiger partial charge in [0.15, 0.2) is 0 Å². The molecule has 2 rings (SSSR count). The quantitative estimate of drug-likeness (QED) is 0.243. The average molecular weight is 452 g/mol. The molecule has 0 unspecified atom stereocenters. The number of anilines is 1. The molecule has 0 saturated carbocycles. The Morgan fingerprint density at radius 1 is 1.21 bits per heavy atom. The van der Waals surface area contributed by atoms with Gasteiger partial charge in [-0.15, -0.1) is 23.5 Å². The summed E-state index contributed by atoms with van der Waals surface area (Å²) in [5, 5.41) is 15.0. The molecule has 0 aliphatic heterocycles. The van der Waals surface area contributed by atoms with Crippen molar-refractivity contribution in [3.63, 3.8) is 0 Å². The van der Waals surface area contributed by atoms with Crippen LogP contribution in [0.5, 0.6) is 11.5 Å². The van der Waals surface area contributed by atoms with Crippen molar-refractivity contribution in [2.24, 2.45) is 5.10 Å². The number of halogens is 4. The van der Waals surface area contributed by atoms with Crippen LogP contribution in [0, 0.1) is 10.1 Å². The number of nitrogens with zero attached hydrogens (tertiary/aromatic N) is 2. The fourth-order valence-electron chi connectivity index (χ4n) is 1.99. The molecule has 0 saturated heterocycles. The Hall–Kier alpha value is -2.11. The van der Waals surface area contributed by atoms with Crippen LogP contribution in [0.25, 0.3) is 0 Å². The fraction of sp³-hybridized carbons (Fsp3) is 0.188. The summed E-state index contributed by atoms with van der Waals surface area (Å²) >= 11 is 8.58. The minimum atomic E-state index is -4.53. The SMILES string of the molecule is CSC(=NNc1cc(Oc2ccc(C(F)(F)F)cc2Cl)ccc1[N+](=O)[O-])SC. The van der Waals surface area contributed by atoms with Crippen LogP contribution in [0.4, 0.5) is 24.5 Å². The lowest BCUT2D eigenvalue weighted by atomic mass is 10.2. The Balaban J connectivity index is 2.33. The second kappa shape index (κ2) is 9.39. The van der Waals surface area contributed by atoms with Crippen LogP contribution in [0.15, 0.2) is 41.5 Å². The van der Waals surface area contributed by atoms with Gasteiger partial charge >= 0.3 is 6.18 Å². The molecule has 0 heterocycles. The molecule has 0 amide bonds. The van der Waals surface area contributed by atoms with Crippen LogP contribution >= 0.6 is 35.1 Å². The summed E-state index contributed by atoms with van der Waals surface area (Å²) in [4.78, 5) is 10.6. The third-order valence-corrected chi connectivity index (χ3v) is 5.45. The van der Waals surface area contributed by atoms with Crippen molar-refractivity contribution in [3.8, 4) is 11.5 Å². The van der Waals surface area contributed by atoms with E-state index >= 15 is 0 Å². The standard InChI is InChI=1S/C16H13ClF3N3O3S2/c1-27-15(28-2)22-21-12-8-10(4-5-13(12)23(24)25)26-14-6-3-9(7-11(14)17)16(18,19)20/h3-8,21H,1-2H3. The van der Waals surface area contributed by atoms with Gasteiger partial charge in [0.2, 0.25) is 0 Å². The highest BCUT2D eigenvalue weighted by molar-refractivity contribution is 8.38. The zero-order valence-corrected chi connectivity index (χ0v) is 16.8. The molecule has 0 aliphatic rings. The van der Waals surface area contributed by atoms with E-state index in [0.717, 1.165) is 18.2 Å². The van der Waals surface area contributed by atoms with Crippen molar-refractivity contribution in [2.75, 3.05) is 17.9 Å². The molecule has 0 bridgehead atoms. The first-order valence-electron chi connectivity index (χ1n) is 7.40. The highest BCUT2D eigenvalue weighted by Crippen LogP contribution is 2.38. The molecule has 2 aromatic carbocycles. The van der Waals surface area contributed by atoms with E-state index < -0.39 is 16.7 Å². The van der Waals surface area contributed by atoms with E-state index in [2.05, 4.69) is 10.5 Å². The van der Waals surface area contributed by atoms with E-state index in [0.29, 0.717) is 4.38 Å². The van der Waals surface area contributed by atoms with E-state index in [1.807, 2.05) is 0 Å². The summed E-state index contributed by atoms with van der Waals surface area (Å²) in [7, 11) is 0. The van der Waals surface area contributed by atoms with Gasteiger partial charge in [-0.05, 0) is 36.8 Å². The normalized spacial score (nSPS) is 11.1. The van der Waals surface area contributed by atoms with Gasteiger partial charge in [0, 0.05) is 12.1 Å². The molecule has 6 nitrogen and oxygen atoms in total. The Bertz CT molecular complexity index is 904. The van der Waals surface area contributed by atoms with Crippen LogP contribution < -0.4 is 10.2 Å². The van der Waals surface area contributed by atoms with Crippen molar-refractivity contribution in [3.05, 3.63) is 57.1 Å². The number of nitro benzene ring substituents is 1. The molecule has 150 valence electrons. The van der Waals surface area contributed by atoms with E-state index in [-0.39, 0.29) is 27.9 Å². The molecule has 0 spiro atoms. The van der Waals surface area contributed by atoms with Crippen molar-refractivity contribution >= 4 is 50.9 Å². The molecule has 28 heavy (non-hydrogen) atoms. The summed E-state index contributed by atoms with van der Waals surface area (Å²) in [6.07, 6.45) is -0.925. The number of benzene rings is 2. The number of thioether (sulfide) groups is 2. The van der Waals surface area contributed by atoms with Gasteiger partial charge in [-0.1, -0.05) is 11.6 Å². The molecule has 0 radical (unpaired) electrons. The lowest BCUT2D eigenvalue weighted by molar-refractivity contribution is -0.384. The highest BCUT2D eigenvalue weighted by Gasteiger charge is 2.31. The van der Waals surface area contributed by atoms with E-state index in [1.54, 1.807) is 12.5 Å². The van der Waals surface area contributed by atoms with Gasteiger partial charge in [0.1, 0.15) is 21.6 Å². The first kappa shape index (κ1) is 22.2. The van der Waals surface area contributed by atoms with Gasteiger partial charge in [-0.2, -0.15) is 18.3 Å². The van der Waals surface area contributed by atoms with Crippen LogP contribution in [0.2, 0.25) is 5.02 Å². The van der Waals surface area contributed by atoms with Crippen molar-refractivity contribution in [2.45, 2.75) is 6.18 Å². The maximum atomic E-state index is 12.7. The maximum Gasteiger partial charge on any atom is 0.416 e. The third kappa shape index (κ3) is 5.69. The van der Waals surface area contributed by atoms with E-state index in [1.165, 1.54) is 41.7 Å². The Labute approximate surface area is 171 Å². The average Bonchev–Trinajstić information content (AvgIpc) is 2.63. The molecular formula is C16H13ClF3N3O3S2. The molecule has 2 aromatic rings. The summed E-state index contributed by atoms with van der Waals surface area (Å²) < 4.78 is 44.3. The molecular weight excluding hydrogens is 439 g/mol. The van der Waals surface area contributed by atoms with E-state index in [4.69, 9.17) is 16.3 Å². The van der Waals surface area contributed by atoms with Crippen LogP contribution in [-0.2, 0) is 6.18 Å². The highest BCUT2D eigenvalue weighted by atomic mass is 35.5. The number of ether oxygens (including phenoxy) is 1. The number of hydrogen-bond acceptors (Lipinski definition) is 7. The number of hydrogen-bond donors (Lipinski definition) is 1. The predicted molar refractivity (Wildman–Crippen MR) is 108 cm³/mol. The van der Waals surface area contributed by atoms with Gasteiger partial charge in [0.05, 0.1) is 15.5 Å². The number of hydrazone groups is 1. The van der Waals surface area contributed by atoms with Crippen molar-refractivity contribution < 1.29 is 22.8 Å². The Morgan fingerprint density at radius 3 is 2.43 bits per heavy atom. The summed E-state index contributed by atoms with van der Waals surface area (Å²) in [6.45, 7) is 0. The molecule has 0 aromatic heterocycles. The molecule has 0 atom stereocenters. The third-order valence-electron chi connectivity index (χ3n) is 3.27. The van der Waals surface area contributed by atoms with Gasteiger partial charge < -0.3 is 4.74 Å². The predicted octanol–water partition coefficient (Wildman–Crippen LogP) is 6.47. The smallest absolute Gasteiger partial charge is 0.416 e. The molecule has 0 fully saturated rings. The van der Waals surface area contributed by atoms with Gasteiger partial charge in [-0.3, -0.25) is 15.5 Å². The number of rotatable bonds is 5. The second-order valence-electron chi connectivity index (χ2n) is 5.08. The lowest BCUT2D eigenvalue weighted by Gasteiger charge is -2.12. The second-order valence-corrected chi connectivity index (χ2v) is 7.33. The summed E-state index contributed by atoms with van der Waals surface area (Å²) in [5.74, 6) is 0.117. The lowest BCUT2D eigenvalue weighted by Crippen LogP contribution is -2.04. The van der Waals surface area contributed by atoms with Gasteiger partial charge in [0.25, 0.3) is 5.69 Å². The monoisotopic (exact) mass is 451 g/mol. The summed E-state index contributed by atoms with van der Waals surface area (Å²) in [6, 6.07) is 6.48. The van der Waals surface area contributed by atoms with Crippen LogP contribution in [0.1, 0.15) is 5.56 Å².